The molecule has 0 fully saturated rings. The number of nitrogens with one attached hydrogen (secondary N) is 1. The lowest BCUT2D eigenvalue weighted by Gasteiger charge is -2.27. The minimum Gasteiger partial charge on any atom is -0.444 e. The Morgan fingerprint density at radius 3 is 2.59 bits per heavy atom. The molecule has 0 aliphatic rings. The molecule has 22 heavy (non-hydrogen) atoms. The van der Waals surface area contributed by atoms with E-state index in [1.54, 1.807) is 23.3 Å². The Morgan fingerprint density at radius 2 is 2.05 bits per heavy atom. The number of hydrogen-bond acceptors (Lipinski definition) is 5. The molecule has 0 spiro atoms. The molecule has 1 aromatic rings. The fraction of sp³-hybridized carbons (Fsp3) is 0.688. The minimum absolute atomic E-state index is 0.293. The molecule has 0 aliphatic carbocycles. The maximum atomic E-state index is 12.2. The van der Waals surface area contributed by atoms with Gasteiger partial charge in [0.1, 0.15) is 5.60 Å². The number of aryl methyl sites for hydroxylation is 1. The van der Waals surface area contributed by atoms with Crippen LogP contribution in [0.25, 0.3) is 0 Å². The summed E-state index contributed by atoms with van der Waals surface area (Å²) in [7, 11) is 1.63. The Balaban J connectivity index is 2.38. The Labute approximate surface area is 137 Å². The molecule has 0 aliphatic heterocycles. The van der Waals surface area contributed by atoms with Crippen LogP contribution in [0.5, 0.6) is 0 Å². The van der Waals surface area contributed by atoms with Gasteiger partial charge >= 0.3 is 6.09 Å². The van der Waals surface area contributed by atoms with Crippen LogP contribution in [0.4, 0.5) is 4.79 Å². The molecular weight excluding hydrogens is 300 g/mol. The molecule has 126 valence electrons. The Morgan fingerprint density at radius 1 is 1.32 bits per heavy atom. The molecule has 1 aromatic heterocycles. The molecule has 1 N–H and O–H groups in total. The first kappa shape index (κ1) is 18.9. The monoisotopic (exact) mass is 328 g/mol. The Bertz CT molecular complexity index is 454. The van der Waals surface area contributed by atoms with E-state index in [4.69, 9.17) is 9.47 Å². The van der Waals surface area contributed by atoms with Crippen molar-refractivity contribution in [3.8, 4) is 0 Å². The smallest absolute Gasteiger partial charge is 0.410 e. The highest BCUT2D eigenvalue weighted by Crippen LogP contribution is 2.14. The summed E-state index contributed by atoms with van der Waals surface area (Å²) in [5, 5.41) is 3.36. The molecule has 0 unspecified atom stereocenters. The van der Waals surface area contributed by atoms with Crippen LogP contribution in [-0.4, -0.2) is 49.9 Å². The van der Waals surface area contributed by atoms with Crippen LogP contribution in [0.2, 0.25) is 0 Å². The third-order valence-electron chi connectivity index (χ3n) is 2.87. The predicted octanol–water partition coefficient (Wildman–Crippen LogP) is 3.03. The van der Waals surface area contributed by atoms with Crippen molar-refractivity contribution in [1.29, 1.82) is 0 Å². The predicted molar refractivity (Wildman–Crippen MR) is 90.4 cm³/mol. The summed E-state index contributed by atoms with van der Waals surface area (Å²) in [5.41, 5.74) is -0.482. The number of nitrogens with zero attached hydrogens (tertiary/aromatic N) is 1. The summed E-state index contributed by atoms with van der Waals surface area (Å²) in [6.45, 7) is 10.9. The number of ether oxygens (including phenoxy) is 2. The van der Waals surface area contributed by atoms with Gasteiger partial charge in [0.2, 0.25) is 0 Å². The number of methoxy groups -OCH3 is 1. The van der Waals surface area contributed by atoms with Gasteiger partial charge in [-0.1, -0.05) is 0 Å². The second-order valence-electron chi connectivity index (χ2n) is 6.15. The normalized spacial score (nSPS) is 11.5. The van der Waals surface area contributed by atoms with E-state index in [0.29, 0.717) is 19.7 Å². The molecule has 6 heteroatoms. The van der Waals surface area contributed by atoms with Crippen LogP contribution in [0, 0.1) is 6.92 Å². The van der Waals surface area contributed by atoms with E-state index in [1.165, 1.54) is 9.75 Å². The topological polar surface area (TPSA) is 50.8 Å². The van der Waals surface area contributed by atoms with Gasteiger partial charge in [0.15, 0.2) is 0 Å². The van der Waals surface area contributed by atoms with E-state index in [2.05, 4.69) is 24.4 Å². The second-order valence-corrected chi connectivity index (χ2v) is 7.52. The van der Waals surface area contributed by atoms with Crippen molar-refractivity contribution < 1.29 is 14.3 Å². The first-order valence-electron chi connectivity index (χ1n) is 7.54. The van der Waals surface area contributed by atoms with Gasteiger partial charge in [0.05, 0.1) is 6.61 Å². The lowest BCUT2D eigenvalue weighted by Crippen LogP contribution is -2.42. The zero-order valence-corrected chi connectivity index (χ0v) is 15.1. The van der Waals surface area contributed by atoms with Crippen LogP contribution in [0.3, 0.4) is 0 Å². The van der Waals surface area contributed by atoms with Crippen LogP contribution >= 0.6 is 11.3 Å². The van der Waals surface area contributed by atoms with Gasteiger partial charge in [-0.3, -0.25) is 0 Å². The average molecular weight is 328 g/mol. The van der Waals surface area contributed by atoms with Crippen molar-refractivity contribution in [3.63, 3.8) is 0 Å². The molecule has 5 nitrogen and oxygen atoms in total. The minimum atomic E-state index is -0.482. The number of amides is 1. The zero-order chi connectivity index (χ0) is 16.6. The lowest BCUT2D eigenvalue weighted by molar-refractivity contribution is 0.0204. The summed E-state index contributed by atoms with van der Waals surface area (Å²) < 4.78 is 10.5. The number of thiophene rings is 1. The van der Waals surface area contributed by atoms with Crippen LogP contribution in [0.1, 0.15) is 30.5 Å². The first-order chi connectivity index (χ1) is 10.3. The van der Waals surface area contributed by atoms with E-state index in [9.17, 15) is 4.79 Å². The molecule has 0 bridgehead atoms. The number of carbonyl (C=O) groups is 1. The van der Waals surface area contributed by atoms with Gasteiger partial charge in [-0.25, -0.2) is 4.79 Å². The molecule has 1 amide bonds. The SMILES string of the molecule is COCCN(CCNCc1ccc(C)s1)C(=O)OC(C)(C)C. The van der Waals surface area contributed by atoms with Crippen molar-refractivity contribution in [3.05, 3.63) is 21.9 Å². The van der Waals surface area contributed by atoms with Gasteiger partial charge in [0.25, 0.3) is 0 Å². The third-order valence-corrected chi connectivity index (χ3v) is 3.87. The number of carbonyl (C=O) groups excluding carboxylic acids is 1. The molecular formula is C16H28N2O3S. The highest BCUT2D eigenvalue weighted by molar-refractivity contribution is 7.11. The highest BCUT2D eigenvalue weighted by Gasteiger charge is 2.21. The van der Waals surface area contributed by atoms with Crippen molar-refractivity contribution in [2.45, 2.75) is 39.8 Å². The van der Waals surface area contributed by atoms with Crippen LogP contribution in [0.15, 0.2) is 12.1 Å². The lowest BCUT2D eigenvalue weighted by atomic mass is 10.2. The Kier molecular flexibility index (Phi) is 7.85. The molecule has 0 radical (unpaired) electrons. The standard InChI is InChI=1S/C16H28N2O3S/c1-13-6-7-14(22-13)12-17-8-9-18(10-11-20-5)15(19)21-16(2,3)4/h6-7,17H,8-12H2,1-5H3. The third kappa shape index (κ3) is 7.77. The summed E-state index contributed by atoms with van der Waals surface area (Å²) >= 11 is 1.79. The van der Waals surface area contributed by atoms with Gasteiger partial charge in [-0.2, -0.15) is 0 Å². The van der Waals surface area contributed by atoms with Gasteiger partial charge in [-0.15, -0.1) is 11.3 Å². The summed E-state index contributed by atoms with van der Waals surface area (Å²) in [6.07, 6.45) is -0.293. The maximum absolute atomic E-state index is 12.2. The van der Waals surface area contributed by atoms with Crippen molar-refractivity contribution in [2.24, 2.45) is 0 Å². The van der Waals surface area contributed by atoms with Crippen molar-refractivity contribution in [1.82, 2.24) is 10.2 Å². The van der Waals surface area contributed by atoms with Gasteiger partial charge < -0.3 is 19.7 Å². The van der Waals surface area contributed by atoms with E-state index < -0.39 is 5.60 Å². The summed E-state index contributed by atoms with van der Waals surface area (Å²) in [4.78, 5) is 16.5. The van der Waals surface area contributed by atoms with E-state index >= 15 is 0 Å². The van der Waals surface area contributed by atoms with E-state index in [-0.39, 0.29) is 6.09 Å². The Hall–Kier alpha value is -1.11. The molecule has 1 rings (SSSR count). The van der Waals surface area contributed by atoms with E-state index in [0.717, 1.165) is 13.1 Å². The van der Waals surface area contributed by atoms with Crippen LogP contribution < -0.4 is 5.32 Å². The number of hydrogen-bond donors (Lipinski definition) is 1. The van der Waals surface area contributed by atoms with Gasteiger partial charge in [-0.05, 0) is 39.8 Å². The van der Waals surface area contributed by atoms with Crippen molar-refractivity contribution >= 4 is 17.4 Å². The maximum Gasteiger partial charge on any atom is 0.410 e. The fourth-order valence-electron chi connectivity index (χ4n) is 1.83. The second kappa shape index (κ2) is 9.12. The van der Waals surface area contributed by atoms with Gasteiger partial charge in [0, 0.05) is 43.0 Å². The quantitative estimate of drug-likeness (QED) is 0.745. The van der Waals surface area contributed by atoms with Crippen molar-refractivity contribution in [2.75, 3.05) is 33.4 Å². The number of rotatable bonds is 8. The van der Waals surface area contributed by atoms with Crippen LogP contribution in [-0.2, 0) is 16.0 Å². The molecule has 0 aromatic carbocycles. The summed E-state index contributed by atoms with van der Waals surface area (Å²) in [5.74, 6) is 0. The van der Waals surface area contributed by atoms with E-state index in [1.807, 2.05) is 20.8 Å². The molecule has 0 atom stereocenters. The molecule has 1 heterocycles. The average Bonchev–Trinajstić information content (AvgIpc) is 2.81. The highest BCUT2D eigenvalue weighted by atomic mass is 32.1. The molecule has 0 saturated carbocycles. The zero-order valence-electron chi connectivity index (χ0n) is 14.3. The largest absolute Gasteiger partial charge is 0.444 e. The fourth-order valence-corrected chi connectivity index (χ4v) is 2.69. The first-order valence-corrected chi connectivity index (χ1v) is 8.36. The summed E-state index contributed by atoms with van der Waals surface area (Å²) in [6, 6.07) is 4.25. The molecule has 0 saturated heterocycles.